The predicted octanol–water partition coefficient (Wildman–Crippen LogP) is 9.14. The summed E-state index contributed by atoms with van der Waals surface area (Å²) < 4.78 is 67.0. The molecule has 2 aromatic carbocycles. The number of benzene rings is 2. The third-order valence-electron chi connectivity index (χ3n) is 7.13. The molecule has 0 aliphatic heterocycles. The highest BCUT2D eigenvalue weighted by Crippen LogP contribution is 2.27. The Morgan fingerprint density at radius 3 is 2.17 bits per heavy atom. The van der Waals surface area contributed by atoms with Gasteiger partial charge >= 0.3 is 0 Å². The zero-order valence-electron chi connectivity index (χ0n) is 26.8. The molecule has 2 aromatic rings. The van der Waals surface area contributed by atoms with Crippen molar-refractivity contribution < 1.29 is 31.0 Å². The van der Waals surface area contributed by atoms with Crippen LogP contribution >= 0.6 is 0 Å². The maximum atomic E-state index is 12.7. The number of hydrogen-bond donors (Lipinski definition) is 0. The van der Waals surface area contributed by atoms with Crippen LogP contribution in [0.25, 0.3) is 5.57 Å². The van der Waals surface area contributed by atoms with Crippen LogP contribution < -0.4 is 4.74 Å². The van der Waals surface area contributed by atoms with Crippen LogP contribution in [0.15, 0.2) is 142 Å². The second-order valence-corrected chi connectivity index (χ2v) is 14.5. The number of methoxy groups -OCH3 is 1. The van der Waals surface area contributed by atoms with E-state index in [-0.39, 0.29) is 10.6 Å². The maximum Gasteiger partial charge on any atom is 0.196 e. The van der Waals surface area contributed by atoms with Crippen molar-refractivity contribution in [2.45, 2.75) is 51.3 Å². The Labute approximate surface area is 274 Å². The van der Waals surface area contributed by atoms with E-state index in [1.165, 1.54) is 23.3 Å². The molecule has 0 radical (unpaired) electrons. The van der Waals surface area contributed by atoms with E-state index in [0.717, 1.165) is 23.3 Å². The second-order valence-electron chi connectivity index (χ2n) is 10.5. The smallest absolute Gasteiger partial charge is 0.196 e. The van der Waals surface area contributed by atoms with Gasteiger partial charge in [0, 0.05) is 16.7 Å². The third-order valence-corrected chi connectivity index (χ3v) is 10.5. The average Bonchev–Trinajstić information content (AvgIpc) is 3.04. The number of ether oxygens (including phenoxy) is 3. The lowest BCUT2D eigenvalue weighted by atomic mass is 10.1. The van der Waals surface area contributed by atoms with Crippen LogP contribution in [0.2, 0.25) is 0 Å². The molecule has 0 atom stereocenters. The monoisotopic (exact) mass is 662 g/mol. The molecule has 46 heavy (non-hydrogen) atoms. The Kier molecular flexibility index (Phi) is 13.7. The number of allylic oxidation sites excluding steroid dienone is 13. The molecule has 244 valence electrons. The first-order chi connectivity index (χ1) is 22.0. The van der Waals surface area contributed by atoms with Crippen LogP contribution in [0, 0.1) is 0 Å². The molecule has 3 rings (SSSR count). The number of rotatable bonds is 16. The molecule has 0 saturated carbocycles. The summed E-state index contributed by atoms with van der Waals surface area (Å²) >= 11 is 0. The molecular formula is C37H42O7S2. The molecule has 1 aliphatic carbocycles. The quantitative estimate of drug-likeness (QED) is 0.131. The first kappa shape index (κ1) is 36.1. The van der Waals surface area contributed by atoms with Gasteiger partial charge in [-0.3, -0.25) is 0 Å². The molecule has 0 bridgehead atoms. The summed E-state index contributed by atoms with van der Waals surface area (Å²) in [7, 11) is -5.28. The van der Waals surface area contributed by atoms with Crippen molar-refractivity contribution in [3.8, 4) is 11.5 Å². The van der Waals surface area contributed by atoms with Crippen molar-refractivity contribution in [2.75, 3.05) is 12.9 Å². The zero-order valence-corrected chi connectivity index (χ0v) is 28.4. The summed E-state index contributed by atoms with van der Waals surface area (Å²) in [4.78, 5) is 0.668. The highest BCUT2D eigenvalue weighted by Gasteiger charge is 2.16. The normalized spacial score (nSPS) is 15.1. The van der Waals surface area contributed by atoms with Gasteiger partial charge in [0.25, 0.3) is 0 Å². The fraction of sp³-hybridized carbons (Fsp3) is 0.243. The third kappa shape index (κ3) is 11.2. The Balaban J connectivity index is 1.54. The minimum Gasteiger partial charge on any atom is -0.501 e. The number of sulfone groups is 2. The standard InChI is InChI=1S/C37H42O7S2/c1-6-31(12-8-26-43-30(4)11-9-27-45(38,39)36-22-14-29(3)15-23-36)32-16-18-34(19-17-32)44-35-20-24-37(25-21-35)46(40,41)28-10-13-33(7-2)42-5/h6-9,11-12,14,16-22,24-27H,1,10,13,15,23,28H2,2-5H3/b26-8+,27-9+,30-11+,31-12+,33-7+. The van der Waals surface area contributed by atoms with Gasteiger partial charge in [-0.1, -0.05) is 42.5 Å². The molecule has 9 heteroatoms. The summed E-state index contributed by atoms with van der Waals surface area (Å²) in [5, 5.41) is 1.19. The Hall–Kier alpha value is -4.34. The van der Waals surface area contributed by atoms with Gasteiger partial charge in [-0.2, -0.15) is 0 Å². The lowest BCUT2D eigenvalue weighted by molar-refractivity contribution is 0.275. The van der Waals surface area contributed by atoms with Crippen LogP contribution in [-0.2, 0) is 29.1 Å². The highest BCUT2D eigenvalue weighted by molar-refractivity contribution is 7.98. The van der Waals surface area contributed by atoms with Gasteiger partial charge in [-0.15, -0.1) is 0 Å². The lowest BCUT2D eigenvalue weighted by Gasteiger charge is -2.10. The average molecular weight is 663 g/mol. The van der Waals surface area contributed by atoms with Gasteiger partial charge in [0.1, 0.15) is 17.3 Å². The van der Waals surface area contributed by atoms with Crippen molar-refractivity contribution in [2.24, 2.45) is 0 Å². The van der Waals surface area contributed by atoms with Crippen LogP contribution in [0.3, 0.4) is 0 Å². The maximum absolute atomic E-state index is 12.7. The van der Waals surface area contributed by atoms with Crippen LogP contribution in [0.4, 0.5) is 0 Å². The van der Waals surface area contributed by atoms with Crippen molar-refractivity contribution in [1.82, 2.24) is 0 Å². The Morgan fingerprint density at radius 1 is 0.913 bits per heavy atom. The molecule has 0 unspecified atom stereocenters. The minimum absolute atomic E-state index is 0.0344. The number of hydrogen-bond acceptors (Lipinski definition) is 7. The van der Waals surface area contributed by atoms with Crippen molar-refractivity contribution in [3.05, 3.63) is 143 Å². The van der Waals surface area contributed by atoms with E-state index in [1.54, 1.807) is 62.6 Å². The van der Waals surface area contributed by atoms with E-state index >= 15 is 0 Å². The zero-order chi connectivity index (χ0) is 33.6. The fourth-order valence-electron chi connectivity index (χ4n) is 4.42. The molecule has 7 nitrogen and oxygen atoms in total. The van der Waals surface area contributed by atoms with E-state index < -0.39 is 19.7 Å². The first-order valence-electron chi connectivity index (χ1n) is 14.9. The van der Waals surface area contributed by atoms with Crippen molar-refractivity contribution >= 4 is 25.2 Å². The molecule has 0 heterocycles. The van der Waals surface area contributed by atoms with E-state index in [4.69, 9.17) is 14.2 Å². The van der Waals surface area contributed by atoms with Gasteiger partial charge in [-0.25, -0.2) is 16.8 Å². The molecule has 0 spiro atoms. The minimum atomic E-state index is -3.45. The molecule has 0 N–H and O–H groups in total. The highest BCUT2D eigenvalue weighted by atomic mass is 32.2. The van der Waals surface area contributed by atoms with Crippen molar-refractivity contribution in [1.29, 1.82) is 0 Å². The van der Waals surface area contributed by atoms with Gasteiger partial charge in [0.05, 0.1) is 29.8 Å². The summed E-state index contributed by atoms with van der Waals surface area (Å²) in [5.41, 5.74) is 2.93. The summed E-state index contributed by atoms with van der Waals surface area (Å²) in [5.74, 6) is 2.46. The fourth-order valence-corrected chi connectivity index (χ4v) is 6.84. The summed E-state index contributed by atoms with van der Waals surface area (Å²) in [6.07, 6.45) is 17.5. The van der Waals surface area contributed by atoms with Gasteiger partial charge in [-0.05, 0) is 118 Å². The summed E-state index contributed by atoms with van der Waals surface area (Å²) in [6.45, 7) is 9.48. The second kappa shape index (κ2) is 17.4. The van der Waals surface area contributed by atoms with Crippen LogP contribution in [-0.4, -0.2) is 29.7 Å². The van der Waals surface area contributed by atoms with E-state index in [0.29, 0.717) is 41.4 Å². The van der Waals surface area contributed by atoms with Crippen molar-refractivity contribution in [3.63, 3.8) is 0 Å². The van der Waals surface area contributed by atoms with E-state index in [2.05, 4.69) is 6.58 Å². The molecule has 0 aromatic heterocycles. The Morgan fingerprint density at radius 2 is 1.59 bits per heavy atom. The summed E-state index contributed by atoms with van der Waals surface area (Å²) in [6, 6.07) is 13.8. The van der Waals surface area contributed by atoms with E-state index in [9.17, 15) is 16.8 Å². The van der Waals surface area contributed by atoms with Crippen LogP contribution in [0.5, 0.6) is 11.5 Å². The molecule has 1 aliphatic rings. The molecule has 0 fully saturated rings. The molecule has 0 saturated heterocycles. The largest absolute Gasteiger partial charge is 0.501 e. The lowest BCUT2D eigenvalue weighted by Crippen LogP contribution is -2.07. The first-order valence-corrected chi connectivity index (χ1v) is 18.1. The predicted molar refractivity (Wildman–Crippen MR) is 186 cm³/mol. The Bertz CT molecular complexity index is 1780. The topological polar surface area (TPSA) is 96.0 Å². The van der Waals surface area contributed by atoms with Gasteiger partial charge < -0.3 is 14.2 Å². The van der Waals surface area contributed by atoms with Crippen LogP contribution in [0.1, 0.15) is 52.0 Å². The molecular weight excluding hydrogens is 621 g/mol. The molecule has 0 amide bonds. The van der Waals surface area contributed by atoms with Gasteiger partial charge in [0.15, 0.2) is 19.7 Å². The van der Waals surface area contributed by atoms with Gasteiger partial charge in [0.2, 0.25) is 0 Å². The SMILES string of the molecule is C=C/C(=C\C=C\O/C(C)=C/C=C/S(=O)(=O)C1=CC=C(C)CC1)c1ccc(Oc2ccc(S(=O)(=O)CCC/C(=C\C)OC)cc2)cc1. The van der Waals surface area contributed by atoms with E-state index in [1.807, 2.05) is 56.3 Å².